The van der Waals surface area contributed by atoms with Gasteiger partial charge in [-0.1, -0.05) is 6.08 Å². The summed E-state index contributed by atoms with van der Waals surface area (Å²) in [6.07, 6.45) is 5.67. The highest BCUT2D eigenvalue weighted by Gasteiger charge is 2.48. The third-order valence-corrected chi connectivity index (χ3v) is 3.26. The van der Waals surface area contributed by atoms with E-state index in [2.05, 4.69) is 20.4 Å². The van der Waals surface area contributed by atoms with Crippen molar-refractivity contribution in [2.45, 2.75) is 51.1 Å². The van der Waals surface area contributed by atoms with Crippen LogP contribution in [0.25, 0.3) is 0 Å². The van der Waals surface area contributed by atoms with E-state index in [4.69, 9.17) is 9.47 Å². The first-order valence-corrected chi connectivity index (χ1v) is 5.13. The summed E-state index contributed by atoms with van der Waals surface area (Å²) in [5.41, 5.74) is 0. The summed E-state index contributed by atoms with van der Waals surface area (Å²) in [7, 11) is 0. The van der Waals surface area contributed by atoms with Gasteiger partial charge in [0.2, 0.25) is 0 Å². The molecule has 0 unspecified atom stereocenters. The fraction of sp³-hybridized carbons (Fsp3) is 0.818. The largest absolute Gasteiger partial charge is 0.344 e. The van der Waals surface area contributed by atoms with Gasteiger partial charge in [-0.05, 0) is 26.2 Å². The molecule has 3 atom stereocenters. The molecule has 2 fully saturated rings. The van der Waals surface area contributed by atoms with Crippen LogP contribution in [0.2, 0.25) is 0 Å². The average molecular weight is 182 g/mol. The summed E-state index contributed by atoms with van der Waals surface area (Å²) in [5.74, 6) is 0.315. The molecule has 0 aromatic carbocycles. The van der Waals surface area contributed by atoms with E-state index in [0.29, 0.717) is 5.92 Å². The molecule has 1 aliphatic carbocycles. The van der Waals surface area contributed by atoms with Crippen molar-refractivity contribution >= 4 is 0 Å². The van der Waals surface area contributed by atoms with E-state index in [-0.39, 0.29) is 18.0 Å². The van der Waals surface area contributed by atoms with Gasteiger partial charge in [-0.3, -0.25) is 0 Å². The first-order chi connectivity index (χ1) is 6.15. The Morgan fingerprint density at radius 3 is 2.38 bits per heavy atom. The average Bonchev–Trinajstić information content (AvgIpc) is 2.59. The third kappa shape index (κ3) is 1.53. The second-order valence-corrected chi connectivity index (χ2v) is 4.30. The summed E-state index contributed by atoms with van der Waals surface area (Å²) < 4.78 is 11.8. The topological polar surface area (TPSA) is 18.5 Å². The Kier molecular flexibility index (Phi) is 2.20. The molecule has 0 N–H and O–H groups in total. The molecule has 1 aliphatic heterocycles. The lowest BCUT2D eigenvalue weighted by molar-refractivity contribution is -0.168. The van der Waals surface area contributed by atoms with Gasteiger partial charge in [0.05, 0.1) is 12.2 Å². The van der Waals surface area contributed by atoms with Crippen LogP contribution in [0.4, 0.5) is 0 Å². The summed E-state index contributed by atoms with van der Waals surface area (Å²) >= 11 is 0. The molecule has 2 aliphatic rings. The number of hydrogen-bond donors (Lipinski definition) is 0. The number of allylic oxidation sites excluding steroid dienone is 1. The molecule has 1 saturated carbocycles. The Labute approximate surface area is 79.9 Å². The second kappa shape index (κ2) is 3.10. The van der Waals surface area contributed by atoms with E-state index in [1.807, 2.05) is 6.08 Å². The van der Waals surface area contributed by atoms with Crippen LogP contribution in [0, 0.1) is 5.92 Å². The zero-order valence-corrected chi connectivity index (χ0v) is 8.45. The molecule has 0 aromatic heterocycles. The maximum absolute atomic E-state index is 5.88. The van der Waals surface area contributed by atoms with Gasteiger partial charge in [0, 0.05) is 12.8 Å². The minimum Gasteiger partial charge on any atom is -0.344 e. The molecule has 2 heteroatoms. The number of rotatable bonds is 1. The Balaban J connectivity index is 2.04. The van der Waals surface area contributed by atoms with E-state index in [0.717, 1.165) is 19.3 Å². The lowest BCUT2D eigenvalue weighted by Gasteiger charge is -2.22. The van der Waals surface area contributed by atoms with Crippen molar-refractivity contribution in [3.05, 3.63) is 12.7 Å². The monoisotopic (exact) mass is 182 g/mol. The maximum atomic E-state index is 5.88. The first-order valence-electron chi connectivity index (χ1n) is 5.13. The van der Waals surface area contributed by atoms with E-state index in [9.17, 15) is 0 Å². The third-order valence-electron chi connectivity index (χ3n) is 3.26. The summed E-state index contributed by atoms with van der Waals surface area (Å²) in [6, 6.07) is 0. The standard InChI is InChI=1S/C11H18O2/c1-4-10-5-6-11(7-10)12-8(2)9(3)13-11/h4,8-10H,1,5-7H2,2-3H3/t8-,9-,10-/m1/s1. The molecular formula is C11H18O2. The Morgan fingerprint density at radius 2 is 1.92 bits per heavy atom. The summed E-state index contributed by atoms with van der Waals surface area (Å²) in [6.45, 7) is 7.99. The van der Waals surface area contributed by atoms with Crippen LogP contribution in [0.3, 0.4) is 0 Å². The molecule has 13 heavy (non-hydrogen) atoms. The molecule has 1 saturated heterocycles. The van der Waals surface area contributed by atoms with Crippen LogP contribution in [0.5, 0.6) is 0 Å². The van der Waals surface area contributed by atoms with E-state index in [1.54, 1.807) is 0 Å². The van der Waals surface area contributed by atoms with Crippen LogP contribution in [0.15, 0.2) is 12.7 Å². The molecule has 1 spiro atoms. The fourth-order valence-electron chi connectivity index (χ4n) is 2.32. The van der Waals surface area contributed by atoms with Gasteiger partial charge in [-0.2, -0.15) is 0 Å². The normalized spacial score (nSPS) is 42.8. The Hall–Kier alpha value is -0.340. The minimum absolute atomic E-state index is 0.239. The van der Waals surface area contributed by atoms with Crippen molar-refractivity contribution in [1.29, 1.82) is 0 Å². The van der Waals surface area contributed by atoms with Gasteiger partial charge in [-0.15, -0.1) is 6.58 Å². The Bertz CT molecular complexity index is 202. The molecule has 0 aromatic rings. The molecular weight excluding hydrogens is 164 g/mol. The van der Waals surface area contributed by atoms with Crippen LogP contribution in [-0.2, 0) is 9.47 Å². The molecule has 1 heterocycles. The predicted octanol–water partition coefficient (Wildman–Crippen LogP) is 2.49. The van der Waals surface area contributed by atoms with Gasteiger partial charge in [0.1, 0.15) is 0 Å². The highest BCUT2D eigenvalue weighted by Crippen LogP contribution is 2.44. The van der Waals surface area contributed by atoms with Gasteiger partial charge in [0.25, 0.3) is 0 Å². The fourth-order valence-corrected chi connectivity index (χ4v) is 2.32. The van der Waals surface area contributed by atoms with E-state index >= 15 is 0 Å². The maximum Gasteiger partial charge on any atom is 0.169 e. The van der Waals surface area contributed by atoms with E-state index < -0.39 is 0 Å². The zero-order chi connectivity index (χ0) is 9.47. The highest BCUT2D eigenvalue weighted by atomic mass is 16.8. The molecule has 0 bridgehead atoms. The number of hydrogen-bond acceptors (Lipinski definition) is 2. The summed E-state index contributed by atoms with van der Waals surface area (Å²) in [4.78, 5) is 0. The lowest BCUT2D eigenvalue weighted by atomic mass is 10.1. The second-order valence-electron chi connectivity index (χ2n) is 4.30. The van der Waals surface area contributed by atoms with Crippen molar-refractivity contribution < 1.29 is 9.47 Å². The molecule has 74 valence electrons. The summed E-state index contributed by atoms with van der Waals surface area (Å²) in [5, 5.41) is 0. The van der Waals surface area contributed by atoms with Crippen LogP contribution in [0.1, 0.15) is 33.1 Å². The lowest BCUT2D eigenvalue weighted by Crippen LogP contribution is -2.27. The molecule has 0 radical (unpaired) electrons. The predicted molar refractivity (Wildman–Crippen MR) is 51.4 cm³/mol. The van der Waals surface area contributed by atoms with Gasteiger partial charge < -0.3 is 9.47 Å². The van der Waals surface area contributed by atoms with Crippen molar-refractivity contribution in [3.63, 3.8) is 0 Å². The molecule has 2 nitrogen and oxygen atoms in total. The number of ether oxygens (including phenoxy) is 2. The Morgan fingerprint density at radius 1 is 1.31 bits per heavy atom. The van der Waals surface area contributed by atoms with Crippen LogP contribution >= 0.6 is 0 Å². The quantitative estimate of drug-likeness (QED) is 0.580. The van der Waals surface area contributed by atoms with Crippen molar-refractivity contribution in [3.8, 4) is 0 Å². The van der Waals surface area contributed by atoms with Gasteiger partial charge >= 0.3 is 0 Å². The molecule has 0 amide bonds. The van der Waals surface area contributed by atoms with Gasteiger partial charge in [-0.25, -0.2) is 0 Å². The van der Waals surface area contributed by atoms with Crippen LogP contribution < -0.4 is 0 Å². The van der Waals surface area contributed by atoms with Crippen molar-refractivity contribution in [2.24, 2.45) is 5.92 Å². The SMILES string of the molecule is C=C[C@@H]1CCC2(C1)O[C@H](C)[C@@H](C)O2. The highest BCUT2D eigenvalue weighted by molar-refractivity contribution is 4.95. The minimum atomic E-state index is -0.266. The van der Waals surface area contributed by atoms with Gasteiger partial charge in [0.15, 0.2) is 5.79 Å². The van der Waals surface area contributed by atoms with E-state index in [1.165, 1.54) is 0 Å². The molecule has 2 rings (SSSR count). The van der Waals surface area contributed by atoms with Crippen LogP contribution in [-0.4, -0.2) is 18.0 Å². The van der Waals surface area contributed by atoms with Crippen molar-refractivity contribution in [1.82, 2.24) is 0 Å². The first kappa shape index (κ1) is 9.22. The zero-order valence-electron chi connectivity index (χ0n) is 8.45. The van der Waals surface area contributed by atoms with Crippen molar-refractivity contribution in [2.75, 3.05) is 0 Å². The smallest absolute Gasteiger partial charge is 0.169 e.